The molecule has 1 unspecified atom stereocenters. The van der Waals surface area contributed by atoms with Crippen LogP contribution >= 0.6 is 0 Å². The maximum atomic E-state index is 9.21. The van der Waals surface area contributed by atoms with Gasteiger partial charge in [0.2, 0.25) is 0 Å². The Bertz CT molecular complexity index is 529. The van der Waals surface area contributed by atoms with Gasteiger partial charge in [0.15, 0.2) is 0 Å². The van der Waals surface area contributed by atoms with E-state index in [1.165, 1.54) is 22.2 Å². The average Bonchev–Trinajstić information content (AvgIpc) is 2.59. The molecule has 0 fully saturated rings. The molecule has 3 nitrogen and oxygen atoms in total. The summed E-state index contributed by atoms with van der Waals surface area (Å²) in [6.07, 6.45) is 0.721. The summed E-state index contributed by atoms with van der Waals surface area (Å²) in [5, 5.41) is 13.8. The van der Waals surface area contributed by atoms with Crippen LogP contribution in [-0.2, 0) is 13.5 Å². The van der Waals surface area contributed by atoms with E-state index >= 15 is 0 Å². The highest BCUT2D eigenvalue weighted by Crippen LogP contribution is 2.24. The molecule has 0 saturated carbocycles. The molecule has 0 aliphatic rings. The lowest BCUT2D eigenvalue weighted by Gasteiger charge is -2.07. The van der Waals surface area contributed by atoms with E-state index in [4.69, 9.17) is 0 Å². The largest absolute Gasteiger partial charge is 0.392 e. The molecule has 1 atom stereocenters. The Kier molecular flexibility index (Phi) is 4.04. The van der Waals surface area contributed by atoms with Gasteiger partial charge in [0.05, 0.1) is 6.10 Å². The highest BCUT2D eigenvalue weighted by Gasteiger charge is 2.10. The van der Waals surface area contributed by atoms with Crippen LogP contribution in [0.15, 0.2) is 24.3 Å². The van der Waals surface area contributed by atoms with Gasteiger partial charge in [0, 0.05) is 30.2 Å². The summed E-state index contributed by atoms with van der Waals surface area (Å²) < 4.78 is 2.25. The molecule has 0 aliphatic heterocycles. The number of nitrogens with zero attached hydrogens (tertiary/aromatic N) is 1. The van der Waals surface area contributed by atoms with Crippen molar-refractivity contribution in [3.63, 3.8) is 0 Å². The lowest BCUT2D eigenvalue weighted by atomic mass is 10.1. The van der Waals surface area contributed by atoms with Gasteiger partial charge >= 0.3 is 0 Å². The molecule has 2 aromatic rings. The zero-order valence-electron chi connectivity index (χ0n) is 11.4. The molecule has 0 bridgehead atoms. The summed E-state index contributed by atoms with van der Waals surface area (Å²) >= 11 is 0. The van der Waals surface area contributed by atoms with Gasteiger partial charge < -0.3 is 15.0 Å². The van der Waals surface area contributed by atoms with Crippen molar-refractivity contribution in [2.75, 3.05) is 13.1 Å². The number of hydrogen-bond acceptors (Lipinski definition) is 2. The van der Waals surface area contributed by atoms with Crippen molar-refractivity contribution in [1.29, 1.82) is 0 Å². The van der Waals surface area contributed by atoms with Crippen molar-refractivity contribution >= 4 is 10.9 Å². The third-order valence-electron chi connectivity index (χ3n) is 3.52. The molecule has 2 N–H and O–H groups in total. The van der Waals surface area contributed by atoms with Gasteiger partial charge in [-0.15, -0.1) is 0 Å². The van der Waals surface area contributed by atoms with Crippen LogP contribution in [0.2, 0.25) is 0 Å². The van der Waals surface area contributed by atoms with Gasteiger partial charge in [-0.05, 0) is 38.4 Å². The first-order valence-electron chi connectivity index (χ1n) is 6.53. The Morgan fingerprint density at radius 2 is 2.06 bits per heavy atom. The molecule has 1 aromatic heterocycles. The molecule has 3 heteroatoms. The quantitative estimate of drug-likeness (QED) is 0.792. The lowest BCUT2D eigenvalue weighted by molar-refractivity contribution is 0.191. The molecule has 0 amide bonds. The van der Waals surface area contributed by atoms with E-state index < -0.39 is 0 Å². The zero-order valence-corrected chi connectivity index (χ0v) is 11.4. The number of nitrogens with one attached hydrogen (secondary N) is 1. The Morgan fingerprint density at radius 1 is 1.33 bits per heavy atom. The highest BCUT2D eigenvalue weighted by atomic mass is 16.3. The van der Waals surface area contributed by atoms with Crippen LogP contribution in [0.1, 0.15) is 18.2 Å². The molecule has 0 radical (unpaired) electrons. The third-order valence-corrected chi connectivity index (χ3v) is 3.52. The molecule has 98 valence electrons. The number of para-hydroxylation sites is 1. The first-order valence-corrected chi connectivity index (χ1v) is 6.53. The Labute approximate surface area is 108 Å². The summed E-state index contributed by atoms with van der Waals surface area (Å²) in [5.41, 5.74) is 4.03. The van der Waals surface area contributed by atoms with E-state index in [1.807, 2.05) is 0 Å². The van der Waals surface area contributed by atoms with Gasteiger partial charge in [0.1, 0.15) is 0 Å². The predicted molar refractivity (Wildman–Crippen MR) is 75.9 cm³/mol. The van der Waals surface area contributed by atoms with E-state index in [0.29, 0.717) is 6.54 Å². The highest BCUT2D eigenvalue weighted by molar-refractivity contribution is 5.85. The van der Waals surface area contributed by atoms with Crippen LogP contribution in [0, 0.1) is 6.92 Å². The van der Waals surface area contributed by atoms with Crippen LogP contribution in [0.25, 0.3) is 10.9 Å². The summed E-state index contributed by atoms with van der Waals surface area (Å²) in [7, 11) is 2.12. The van der Waals surface area contributed by atoms with Gasteiger partial charge in [-0.2, -0.15) is 0 Å². The second-order valence-corrected chi connectivity index (χ2v) is 4.94. The van der Waals surface area contributed by atoms with Crippen LogP contribution in [-0.4, -0.2) is 28.9 Å². The number of rotatable bonds is 5. The molecular formula is C15H22N2O. The van der Waals surface area contributed by atoms with Gasteiger partial charge in [-0.25, -0.2) is 0 Å². The first-order chi connectivity index (χ1) is 8.61. The van der Waals surface area contributed by atoms with Gasteiger partial charge in [0.25, 0.3) is 0 Å². The van der Waals surface area contributed by atoms with E-state index in [1.54, 1.807) is 6.92 Å². The number of aromatic nitrogens is 1. The topological polar surface area (TPSA) is 37.2 Å². The normalized spacial score (nSPS) is 13.1. The molecule has 0 spiro atoms. The number of hydrogen-bond donors (Lipinski definition) is 2. The van der Waals surface area contributed by atoms with Crippen molar-refractivity contribution in [1.82, 2.24) is 9.88 Å². The lowest BCUT2D eigenvalue weighted by Crippen LogP contribution is -2.26. The summed E-state index contributed by atoms with van der Waals surface area (Å²) in [6.45, 7) is 5.53. The fourth-order valence-corrected chi connectivity index (χ4v) is 2.44. The minimum Gasteiger partial charge on any atom is -0.392 e. The Balaban J connectivity index is 2.15. The number of fused-ring (bicyclic) bond motifs is 1. The molecule has 0 saturated heterocycles. The summed E-state index contributed by atoms with van der Waals surface area (Å²) in [5.74, 6) is 0. The molecule has 2 rings (SSSR count). The number of aryl methyl sites for hydroxylation is 1. The SMILES string of the molecule is Cc1c(CCNCC(C)O)c2ccccc2n1C. The second-order valence-electron chi connectivity index (χ2n) is 4.94. The standard InChI is InChI=1S/C15H22N2O/c1-11(18)10-16-9-8-13-12(2)17(3)15-7-5-4-6-14(13)15/h4-7,11,16,18H,8-10H2,1-3H3. The minimum absolute atomic E-state index is 0.279. The van der Waals surface area contributed by atoms with Crippen molar-refractivity contribution in [2.45, 2.75) is 26.4 Å². The molecule has 18 heavy (non-hydrogen) atoms. The fourth-order valence-electron chi connectivity index (χ4n) is 2.44. The predicted octanol–water partition coefficient (Wildman–Crippen LogP) is 2.00. The maximum Gasteiger partial charge on any atom is 0.0636 e. The van der Waals surface area contributed by atoms with Crippen LogP contribution < -0.4 is 5.32 Å². The van der Waals surface area contributed by atoms with Crippen LogP contribution in [0.4, 0.5) is 0 Å². The minimum atomic E-state index is -0.279. The Hall–Kier alpha value is -1.32. The molecule has 1 heterocycles. The molecule has 0 aliphatic carbocycles. The van der Waals surface area contributed by atoms with Crippen molar-refractivity contribution < 1.29 is 5.11 Å². The second kappa shape index (κ2) is 5.55. The van der Waals surface area contributed by atoms with Crippen molar-refractivity contribution in [3.8, 4) is 0 Å². The monoisotopic (exact) mass is 246 g/mol. The zero-order chi connectivity index (χ0) is 13.1. The maximum absolute atomic E-state index is 9.21. The fraction of sp³-hybridized carbons (Fsp3) is 0.467. The number of benzene rings is 1. The molecular weight excluding hydrogens is 224 g/mol. The van der Waals surface area contributed by atoms with E-state index in [0.717, 1.165) is 13.0 Å². The summed E-state index contributed by atoms with van der Waals surface area (Å²) in [4.78, 5) is 0. The third kappa shape index (κ3) is 2.57. The van der Waals surface area contributed by atoms with Crippen molar-refractivity contribution in [2.24, 2.45) is 7.05 Å². The first kappa shape index (κ1) is 13.1. The number of aliphatic hydroxyl groups is 1. The van der Waals surface area contributed by atoms with Crippen molar-refractivity contribution in [3.05, 3.63) is 35.5 Å². The van der Waals surface area contributed by atoms with Gasteiger partial charge in [-0.1, -0.05) is 18.2 Å². The average molecular weight is 246 g/mol. The summed E-state index contributed by atoms with van der Waals surface area (Å²) in [6, 6.07) is 8.52. The van der Waals surface area contributed by atoms with Gasteiger partial charge in [-0.3, -0.25) is 0 Å². The smallest absolute Gasteiger partial charge is 0.0636 e. The van der Waals surface area contributed by atoms with E-state index in [2.05, 4.69) is 48.1 Å². The number of aliphatic hydroxyl groups excluding tert-OH is 1. The van der Waals surface area contributed by atoms with E-state index in [-0.39, 0.29) is 6.10 Å². The molecule has 1 aromatic carbocycles. The Morgan fingerprint density at radius 3 is 2.78 bits per heavy atom. The van der Waals surface area contributed by atoms with Crippen LogP contribution in [0.5, 0.6) is 0 Å². The van der Waals surface area contributed by atoms with Crippen LogP contribution in [0.3, 0.4) is 0 Å². The van der Waals surface area contributed by atoms with E-state index in [9.17, 15) is 5.11 Å².